The summed E-state index contributed by atoms with van der Waals surface area (Å²) in [6.07, 6.45) is -0.790. The van der Waals surface area contributed by atoms with Crippen LogP contribution in [0.25, 0.3) is 0 Å². The zero-order valence-corrected chi connectivity index (χ0v) is 24.0. The van der Waals surface area contributed by atoms with Gasteiger partial charge in [-0.25, -0.2) is 0 Å². The first kappa shape index (κ1) is 29.6. The van der Waals surface area contributed by atoms with Crippen LogP contribution in [0.1, 0.15) is 68.7 Å². The van der Waals surface area contributed by atoms with E-state index in [4.69, 9.17) is 4.74 Å². The van der Waals surface area contributed by atoms with E-state index in [1.54, 1.807) is 6.07 Å². The number of aliphatic hydroxyl groups is 1. The third-order valence-electron chi connectivity index (χ3n) is 8.57. The molecule has 4 aromatic carbocycles. The molecule has 0 saturated heterocycles. The van der Waals surface area contributed by atoms with Gasteiger partial charge < -0.3 is 40.5 Å². The lowest BCUT2D eigenvalue weighted by molar-refractivity contribution is 0.0207. The van der Waals surface area contributed by atoms with E-state index in [-0.39, 0.29) is 51.2 Å². The van der Waals surface area contributed by atoms with E-state index in [1.807, 2.05) is 13.0 Å². The molecule has 2 aliphatic rings. The quantitative estimate of drug-likeness (QED) is 0.115. The van der Waals surface area contributed by atoms with Gasteiger partial charge in [0.1, 0.15) is 40.2 Å². The second kappa shape index (κ2) is 11.2. The van der Waals surface area contributed by atoms with Crippen molar-refractivity contribution in [2.45, 2.75) is 37.4 Å². The Morgan fingerprint density at radius 1 is 0.756 bits per heavy atom. The van der Waals surface area contributed by atoms with Gasteiger partial charge in [-0.15, -0.1) is 0 Å². The average molecular weight is 611 g/mol. The van der Waals surface area contributed by atoms with E-state index in [9.17, 15) is 45.3 Å². The van der Waals surface area contributed by atoms with Crippen molar-refractivity contribution in [1.29, 1.82) is 0 Å². The minimum absolute atomic E-state index is 0.0345. The molecule has 10 nitrogen and oxygen atoms in total. The highest BCUT2D eigenvalue weighted by atomic mass is 16.5. The number of fused-ring (bicyclic) bond motifs is 1. The van der Waals surface area contributed by atoms with Gasteiger partial charge >= 0.3 is 0 Å². The molecule has 45 heavy (non-hydrogen) atoms. The van der Waals surface area contributed by atoms with E-state index in [2.05, 4.69) is 0 Å². The van der Waals surface area contributed by atoms with Crippen LogP contribution in [0.15, 0.2) is 84.4 Å². The topological polar surface area (TPSA) is 185 Å². The molecule has 1 heterocycles. The first-order chi connectivity index (χ1) is 21.4. The number of aromatic hydroxyl groups is 6. The summed E-state index contributed by atoms with van der Waals surface area (Å²) >= 11 is 0. The number of hydrogen-bond donors (Lipinski definition) is 7. The van der Waals surface area contributed by atoms with Crippen molar-refractivity contribution < 1.29 is 50.1 Å². The standard InChI is InChI=1S/C35H30O10/c1-16-10-24(17-2-9-27(39)26(12-17)35-34(44)33(43)23-8-5-20(38)15-30(23)45-35)31(32(42)22-7-4-19(37)14-29(22)41)25(11-16)21-6-3-18(36)13-28(21)40/h2-10,12-15,24-25,31,34-41,44H,11H2,1H3. The van der Waals surface area contributed by atoms with Crippen LogP contribution in [0, 0.1) is 5.92 Å². The molecule has 0 fully saturated rings. The maximum Gasteiger partial charge on any atom is 0.199 e. The average Bonchev–Trinajstić information content (AvgIpc) is 2.98. The number of ketones is 2. The van der Waals surface area contributed by atoms with Gasteiger partial charge in [0.15, 0.2) is 23.8 Å². The molecule has 1 aliphatic heterocycles. The Bertz CT molecular complexity index is 1880. The lowest BCUT2D eigenvalue weighted by Gasteiger charge is -2.37. The highest BCUT2D eigenvalue weighted by Crippen LogP contribution is 2.50. The van der Waals surface area contributed by atoms with Crippen molar-refractivity contribution >= 4 is 11.6 Å². The Morgan fingerprint density at radius 3 is 2.13 bits per heavy atom. The van der Waals surface area contributed by atoms with Gasteiger partial charge in [-0.05, 0) is 66.9 Å². The fraction of sp³-hybridized carbons (Fsp3) is 0.200. The maximum absolute atomic E-state index is 14.3. The number of benzene rings is 4. The summed E-state index contributed by atoms with van der Waals surface area (Å²) in [5, 5.41) is 73.1. The van der Waals surface area contributed by atoms with Gasteiger partial charge in [-0.3, -0.25) is 9.59 Å². The molecule has 1 aliphatic carbocycles. The number of rotatable bonds is 5. The highest BCUT2D eigenvalue weighted by molar-refractivity contribution is 6.03. The predicted octanol–water partition coefficient (Wildman–Crippen LogP) is 5.31. The van der Waals surface area contributed by atoms with E-state index in [0.717, 1.165) is 11.6 Å². The molecule has 5 atom stereocenters. The number of carbonyl (C=O) groups is 2. The molecule has 0 bridgehead atoms. The fourth-order valence-electron chi connectivity index (χ4n) is 6.46. The lowest BCUT2D eigenvalue weighted by Crippen LogP contribution is -2.36. The maximum atomic E-state index is 14.3. The van der Waals surface area contributed by atoms with Crippen LogP contribution in [-0.4, -0.2) is 53.4 Å². The van der Waals surface area contributed by atoms with Crippen molar-refractivity contribution in [2.24, 2.45) is 5.92 Å². The first-order valence-electron chi connectivity index (χ1n) is 14.2. The van der Waals surface area contributed by atoms with Gasteiger partial charge in [0.05, 0.1) is 11.1 Å². The van der Waals surface area contributed by atoms with E-state index in [1.165, 1.54) is 60.7 Å². The number of hydrogen-bond acceptors (Lipinski definition) is 10. The van der Waals surface area contributed by atoms with E-state index >= 15 is 0 Å². The Labute approximate surface area is 257 Å². The van der Waals surface area contributed by atoms with Gasteiger partial charge in [-0.1, -0.05) is 23.8 Å². The predicted molar refractivity (Wildman–Crippen MR) is 161 cm³/mol. The number of allylic oxidation sites excluding steroid dienone is 2. The van der Waals surface area contributed by atoms with Crippen LogP contribution < -0.4 is 4.74 Å². The monoisotopic (exact) mass is 610 g/mol. The summed E-state index contributed by atoms with van der Waals surface area (Å²) in [6.45, 7) is 1.87. The summed E-state index contributed by atoms with van der Waals surface area (Å²) in [6, 6.07) is 16.2. The summed E-state index contributed by atoms with van der Waals surface area (Å²) < 4.78 is 5.93. The van der Waals surface area contributed by atoms with Crippen molar-refractivity contribution in [3.63, 3.8) is 0 Å². The third kappa shape index (κ3) is 5.29. The molecule has 5 unspecified atom stereocenters. The summed E-state index contributed by atoms with van der Waals surface area (Å²) in [5.74, 6) is -4.84. The smallest absolute Gasteiger partial charge is 0.199 e. The second-order valence-electron chi connectivity index (χ2n) is 11.5. The summed E-state index contributed by atoms with van der Waals surface area (Å²) in [4.78, 5) is 27.3. The van der Waals surface area contributed by atoms with Crippen LogP contribution in [0.5, 0.6) is 40.2 Å². The van der Waals surface area contributed by atoms with Gasteiger partial charge in [0, 0.05) is 41.5 Å². The van der Waals surface area contributed by atoms with Crippen LogP contribution in [-0.2, 0) is 0 Å². The van der Waals surface area contributed by atoms with Crippen LogP contribution in [0.3, 0.4) is 0 Å². The number of phenolic OH excluding ortho intramolecular Hbond substituents is 6. The Balaban J connectivity index is 1.48. The third-order valence-corrected chi connectivity index (χ3v) is 8.57. The molecule has 0 amide bonds. The van der Waals surface area contributed by atoms with E-state index < -0.39 is 47.3 Å². The molecular weight excluding hydrogens is 580 g/mol. The molecule has 6 rings (SSSR count). The molecule has 0 spiro atoms. The number of aliphatic hydroxyl groups excluding tert-OH is 1. The molecule has 7 N–H and O–H groups in total. The first-order valence-corrected chi connectivity index (χ1v) is 14.2. The van der Waals surface area contributed by atoms with Crippen molar-refractivity contribution in [3.05, 3.63) is 112 Å². The minimum Gasteiger partial charge on any atom is -0.508 e. The summed E-state index contributed by atoms with van der Waals surface area (Å²) in [7, 11) is 0. The van der Waals surface area contributed by atoms with Crippen LogP contribution in [0.2, 0.25) is 0 Å². The molecule has 0 saturated carbocycles. The zero-order chi connectivity index (χ0) is 32.2. The second-order valence-corrected chi connectivity index (χ2v) is 11.5. The SMILES string of the molecule is CC1=CC(c2ccc(O)c(C3Oc4cc(O)ccc4C(=O)C3O)c2)C(C(=O)c2ccc(O)cc2O)C(c2ccc(O)cc2O)C1. The normalized spacial score (nSPS) is 22.7. The molecule has 10 heteroatoms. The van der Waals surface area contributed by atoms with Crippen molar-refractivity contribution in [2.75, 3.05) is 0 Å². The van der Waals surface area contributed by atoms with Crippen molar-refractivity contribution in [1.82, 2.24) is 0 Å². The van der Waals surface area contributed by atoms with Gasteiger partial charge in [0.2, 0.25) is 0 Å². The highest BCUT2D eigenvalue weighted by Gasteiger charge is 2.43. The van der Waals surface area contributed by atoms with Crippen molar-refractivity contribution in [3.8, 4) is 40.2 Å². The number of carbonyl (C=O) groups excluding carboxylic acids is 2. The number of Topliss-reactive ketones (excluding diaryl/α,β-unsaturated/α-hetero) is 2. The van der Waals surface area contributed by atoms with Gasteiger partial charge in [0.25, 0.3) is 0 Å². The molecule has 0 aromatic heterocycles. The Kier molecular flexibility index (Phi) is 7.38. The Hall–Kier alpha value is -5.48. The minimum atomic E-state index is -1.68. The Morgan fingerprint density at radius 2 is 1.42 bits per heavy atom. The lowest BCUT2D eigenvalue weighted by atomic mass is 9.65. The number of ether oxygens (including phenoxy) is 1. The van der Waals surface area contributed by atoms with Gasteiger partial charge in [-0.2, -0.15) is 0 Å². The van der Waals surface area contributed by atoms with Crippen LogP contribution >= 0.6 is 0 Å². The number of phenols is 6. The molecular formula is C35H30O10. The fourth-order valence-corrected chi connectivity index (χ4v) is 6.46. The van der Waals surface area contributed by atoms with E-state index in [0.29, 0.717) is 17.5 Å². The summed E-state index contributed by atoms with van der Waals surface area (Å²) in [5.41, 5.74) is 1.88. The molecule has 0 radical (unpaired) electrons. The molecule has 230 valence electrons. The largest absolute Gasteiger partial charge is 0.508 e. The zero-order valence-electron chi connectivity index (χ0n) is 24.0. The molecule has 4 aromatic rings. The van der Waals surface area contributed by atoms with Crippen LogP contribution in [0.4, 0.5) is 0 Å².